The summed E-state index contributed by atoms with van der Waals surface area (Å²) in [4.78, 5) is 15.6. The largest absolute Gasteiger partial charge is 0.476 e. The molecule has 1 fully saturated rings. The lowest BCUT2D eigenvalue weighted by Crippen LogP contribution is -2.11. The van der Waals surface area contributed by atoms with Gasteiger partial charge >= 0.3 is 5.97 Å². The maximum atomic E-state index is 11.3. The maximum absolute atomic E-state index is 11.3. The summed E-state index contributed by atoms with van der Waals surface area (Å²) in [5, 5.41) is 13.6. The lowest BCUT2D eigenvalue weighted by atomic mass is 10.2. The zero-order valence-electron chi connectivity index (χ0n) is 9.55. The van der Waals surface area contributed by atoms with Crippen LogP contribution in [0.25, 0.3) is 5.65 Å². The van der Waals surface area contributed by atoms with Gasteiger partial charge in [0.25, 0.3) is 0 Å². The van der Waals surface area contributed by atoms with Crippen molar-refractivity contribution < 1.29 is 9.90 Å². The second kappa shape index (κ2) is 3.55. The van der Waals surface area contributed by atoms with E-state index >= 15 is 0 Å². The molecule has 1 aliphatic rings. The highest BCUT2D eigenvalue weighted by molar-refractivity contribution is 5.88. The van der Waals surface area contributed by atoms with Crippen LogP contribution in [-0.4, -0.2) is 25.7 Å². The van der Waals surface area contributed by atoms with Gasteiger partial charge in [-0.1, -0.05) is 6.92 Å². The summed E-state index contributed by atoms with van der Waals surface area (Å²) < 4.78 is 1.47. The van der Waals surface area contributed by atoms with Gasteiger partial charge in [0.2, 0.25) is 0 Å². The predicted molar refractivity (Wildman–Crippen MR) is 61.3 cm³/mol. The first-order valence-corrected chi connectivity index (χ1v) is 5.81. The van der Waals surface area contributed by atoms with E-state index in [2.05, 4.69) is 10.1 Å². The fourth-order valence-electron chi connectivity index (χ4n) is 2.05. The van der Waals surface area contributed by atoms with Crippen LogP contribution in [0.3, 0.4) is 0 Å². The zero-order chi connectivity index (χ0) is 12.0. The smallest absolute Gasteiger partial charge is 0.354 e. The van der Waals surface area contributed by atoms with Crippen molar-refractivity contribution >= 4 is 11.6 Å². The molecule has 0 aliphatic heterocycles. The first-order valence-electron chi connectivity index (χ1n) is 5.81. The van der Waals surface area contributed by atoms with E-state index in [0.717, 1.165) is 24.1 Å². The van der Waals surface area contributed by atoms with Crippen LogP contribution < -0.4 is 0 Å². The molecule has 1 N–H and O–H groups in total. The summed E-state index contributed by atoms with van der Waals surface area (Å²) in [6.07, 6.45) is 4.57. The molecule has 1 aliphatic carbocycles. The van der Waals surface area contributed by atoms with Gasteiger partial charge in [0.15, 0.2) is 11.3 Å². The summed E-state index contributed by atoms with van der Waals surface area (Å²) in [6.45, 7) is 1.92. The van der Waals surface area contributed by atoms with Crippen molar-refractivity contribution in [3.8, 4) is 0 Å². The molecule has 5 heteroatoms. The van der Waals surface area contributed by atoms with E-state index in [1.807, 2.05) is 13.0 Å². The molecular formula is C12H13N3O2. The number of carboxylic acid groups (broad SMARTS) is 1. The highest BCUT2D eigenvalue weighted by Gasteiger charge is 2.27. The zero-order valence-corrected chi connectivity index (χ0v) is 9.55. The molecule has 0 saturated heterocycles. The number of fused-ring (bicyclic) bond motifs is 1. The van der Waals surface area contributed by atoms with Crippen molar-refractivity contribution in [2.24, 2.45) is 0 Å². The molecule has 0 radical (unpaired) electrons. The van der Waals surface area contributed by atoms with E-state index in [9.17, 15) is 9.90 Å². The molecule has 0 aromatic carbocycles. The van der Waals surface area contributed by atoms with Gasteiger partial charge in [0.05, 0.1) is 5.69 Å². The Kier molecular flexibility index (Phi) is 2.14. The Hall–Kier alpha value is -1.91. The first-order chi connectivity index (χ1) is 8.20. The number of hydrogen-bond acceptors (Lipinski definition) is 3. The third-order valence-electron chi connectivity index (χ3n) is 3.16. The quantitative estimate of drug-likeness (QED) is 0.875. The first kappa shape index (κ1) is 10.3. The van der Waals surface area contributed by atoms with Gasteiger partial charge in [-0.15, -0.1) is 0 Å². The van der Waals surface area contributed by atoms with Gasteiger partial charge < -0.3 is 5.11 Å². The number of carbonyl (C=O) groups is 1. The highest BCUT2D eigenvalue weighted by atomic mass is 16.4. The minimum atomic E-state index is -0.945. The lowest BCUT2D eigenvalue weighted by Gasteiger charge is -2.04. The van der Waals surface area contributed by atoms with Gasteiger partial charge in [-0.05, 0) is 19.3 Å². The van der Waals surface area contributed by atoms with Crippen LogP contribution in [0.15, 0.2) is 12.3 Å². The highest BCUT2D eigenvalue weighted by Crippen LogP contribution is 2.39. The minimum Gasteiger partial charge on any atom is -0.476 e. The summed E-state index contributed by atoms with van der Waals surface area (Å²) in [7, 11) is 0. The Morgan fingerprint density at radius 1 is 1.59 bits per heavy atom. The van der Waals surface area contributed by atoms with Crippen LogP contribution in [0, 0.1) is 0 Å². The van der Waals surface area contributed by atoms with Crippen LogP contribution >= 0.6 is 0 Å². The van der Waals surface area contributed by atoms with Crippen LogP contribution in [0.4, 0.5) is 0 Å². The van der Waals surface area contributed by atoms with E-state index in [0.29, 0.717) is 18.0 Å². The Morgan fingerprint density at radius 3 is 2.94 bits per heavy atom. The van der Waals surface area contributed by atoms with Gasteiger partial charge in [-0.25, -0.2) is 14.3 Å². The van der Waals surface area contributed by atoms with Crippen LogP contribution in [0.5, 0.6) is 0 Å². The molecule has 1 saturated carbocycles. The Balaban J connectivity index is 2.26. The van der Waals surface area contributed by atoms with E-state index in [-0.39, 0.29) is 5.69 Å². The van der Waals surface area contributed by atoms with Gasteiger partial charge in [0.1, 0.15) is 0 Å². The predicted octanol–water partition coefficient (Wildman–Crippen LogP) is 1.87. The molecule has 0 bridgehead atoms. The summed E-state index contributed by atoms with van der Waals surface area (Å²) >= 11 is 0. The summed E-state index contributed by atoms with van der Waals surface area (Å²) in [6, 6.07) is 1.89. The molecule has 3 rings (SSSR count). The number of carboxylic acids is 1. The fraction of sp³-hybridized carbons (Fsp3) is 0.417. The molecule has 0 atom stereocenters. The SMILES string of the molecule is CCc1cnc2cc(C3CC3)nn2c1C(=O)O. The molecule has 5 nitrogen and oxygen atoms in total. The number of hydrogen-bond donors (Lipinski definition) is 1. The molecule has 0 amide bonds. The summed E-state index contributed by atoms with van der Waals surface area (Å²) in [5.41, 5.74) is 2.55. The topological polar surface area (TPSA) is 67.5 Å². The van der Waals surface area contributed by atoms with E-state index in [4.69, 9.17) is 0 Å². The Bertz CT molecular complexity index is 599. The molecule has 88 valence electrons. The van der Waals surface area contributed by atoms with Gasteiger partial charge in [-0.2, -0.15) is 5.10 Å². The van der Waals surface area contributed by atoms with Crippen molar-refractivity contribution in [2.45, 2.75) is 32.1 Å². The number of aryl methyl sites for hydroxylation is 1. The molecule has 0 unspecified atom stereocenters. The van der Waals surface area contributed by atoms with Crippen LogP contribution in [-0.2, 0) is 6.42 Å². The van der Waals surface area contributed by atoms with Crippen molar-refractivity contribution in [3.05, 3.63) is 29.2 Å². The molecule has 0 spiro atoms. The number of aromatic carboxylic acids is 1. The van der Waals surface area contributed by atoms with Gasteiger partial charge in [0, 0.05) is 23.7 Å². The van der Waals surface area contributed by atoms with Crippen LogP contribution in [0.1, 0.15) is 47.4 Å². The molecule has 17 heavy (non-hydrogen) atoms. The second-order valence-corrected chi connectivity index (χ2v) is 4.40. The normalized spacial score (nSPS) is 15.4. The van der Waals surface area contributed by atoms with Crippen molar-refractivity contribution in [1.82, 2.24) is 14.6 Å². The van der Waals surface area contributed by atoms with E-state index in [1.54, 1.807) is 6.20 Å². The maximum Gasteiger partial charge on any atom is 0.354 e. The Morgan fingerprint density at radius 2 is 2.35 bits per heavy atom. The third kappa shape index (κ3) is 1.58. The number of nitrogens with zero attached hydrogens (tertiary/aromatic N) is 3. The van der Waals surface area contributed by atoms with Crippen molar-refractivity contribution in [1.29, 1.82) is 0 Å². The molecule has 2 heterocycles. The van der Waals surface area contributed by atoms with Gasteiger partial charge in [-0.3, -0.25) is 0 Å². The van der Waals surface area contributed by atoms with Crippen molar-refractivity contribution in [3.63, 3.8) is 0 Å². The molecule has 2 aromatic heterocycles. The lowest BCUT2D eigenvalue weighted by molar-refractivity contribution is 0.0686. The minimum absolute atomic E-state index is 0.240. The fourth-order valence-corrected chi connectivity index (χ4v) is 2.05. The second-order valence-electron chi connectivity index (χ2n) is 4.40. The van der Waals surface area contributed by atoms with Crippen molar-refractivity contribution in [2.75, 3.05) is 0 Å². The molecule has 2 aromatic rings. The summed E-state index contributed by atoms with van der Waals surface area (Å²) in [5.74, 6) is -0.442. The van der Waals surface area contributed by atoms with Crippen LogP contribution in [0.2, 0.25) is 0 Å². The van der Waals surface area contributed by atoms with E-state index in [1.165, 1.54) is 4.52 Å². The average molecular weight is 231 g/mol. The third-order valence-corrected chi connectivity index (χ3v) is 3.16. The van der Waals surface area contributed by atoms with E-state index < -0.39 is 5.97 Å². The number of aromatic nitrogens is 3. The standard InChI is InChI=1S/C12H13N3O2/c1-2-7-6-13-10-5-9(8-3-4-8)14-15(10)11(7)12(16)17/h5-6,8H,2-4H2,1H3,(H,16,17). The average Bonchev–Trinajstić information content (AvgIpc) is 3.07. The number of rotatable bonds is 3. The Labute approximate surface area is 98.1 Å². The monoisotopic (exact) mass is 231 g/mol. The molecular weight excluding hydrogens is 218 g/mol.